The molecule has 0 saturated heterocycles. The first-order valence-electron chi connectivity index (χ1n) is 4.96. The highest BCUT2D eigenvalue weighted by Gasteiger charge is 2.23. The van der Waals surface area contributed by atoms with Gasteiger partial charge in [-0.3, -0.25) is 10.1 Å². The molecule has 1 N–H and O–H groups in total. The highest BCUT2D eigenvalue weighted by molar-refractivity contribution is 6.31. The van der Waals surface area contributed by atoms with Crippen LogP contribution in [0.4, 0.5) is 30.4 Å². The number of hydrogen-bond acceptors (Lipinski definition) is 5. The topological polar surface area (TPSA) is 81.0 Å². The van der Waals surface area contributed by atoms with Crippen molar-refractivity contribution >= 4 is 28.8 Å². The second-order valence-electron chi connectivity index (χ2n) is 3.49. The van der Waals surface area contributed by atoms with Crippen LogP contribution in [-0.2, 0) is 0 Å². The van der Waals surface area contributed by atoms with Crippen molar-refractivity contribution in [1.29, 1.82) is 0 Å². The number of anilines is 2. The molecule has 1 aromatic heterocycles. The van der Waals surface area contributed by atoms with Gasteiger partial charge in [0.2, 0.25) is 11.0 Å². The Labute approximate surface area is 114 Å². The minimum atomic E-state index is -1.45. The minimum absolute atomic E-state index is 0.335. The predicted molar refractivity (Wildman–Crippen MR) is 63.3 cm³/mol. The third kappa shape index (κ3) is 2.62. The number of benzene rings is 1. The van der Waals surface area contributed by atoms with E-state index in [4.69, 9.17) is 11.6 Å². The fraction of sp³-hybridized carbons (Fsp3) is 0. The average molecular weight is 305 g/mol. The summed E-state index contributed by atoms with van der Waals surface area (Å²) in [6, 6.07) is 0.958. The van der Waals surface area contributed by atoms with Crippen molar-refractivity contribution in [2.24, 2.45) is 0 Å². The molecule has 0 bridgehead atoms. The Morgan fingerprint density at radius 2 is 1.95 bits per heavy atom. The SMILES string of the molecule is O=[N+]([O-])c1c(Cl)ncnc1Nc1cc(F)cc(F)c1F. The smallest absolute Gasteiger partial charge is 0.332 e. The van der Waals surface area contributed by atoms with Gasteiger partial charge in [0.15, 0.2) is 11.6 Å². The molecule has 2 rings (SSSR count). The van der Waals surface area contributed by atoms with E-state index in [-0.39, 0.29) is 0 Å². The summed E-state index contributed by atoms with van der Waals surface area (Å²) in [5.41, 5.74) is -1.39. The van der Waals surface area contributed by atoms with E-state index >= 15 is 0 Å². The van der Waals surface area contributed by atoms with Gasteiger partial charge in [-0.25, -0.2) is 23.1 Å². The van der Waals surface area contributed by atoms with E-state index in [2.05, 4.69) is 15.3 Å². The number of hydrogen-bond donors (Lipinski definition) is 1. The summed E-state index contributed by atoms with van der Waals surface area (Å²) in [6.07, 6.45) is 0.880. The molecule has 0 fully saturated rings. The zero-order chi connectivity index (χ0) is 14.9. The summed E-state index contributed by atoms with van der Waals surface area (Å²) in [7, 11) is 0. The van der Waals surface area contributed by atoms with Gasteiger partial charge in [0.25, 0.3) is 0 Å². The number of nitrogens with one attached hydrogen (secondary N) is 1. The summed E-state index contributed by atoms with van der Waals surface area (Å²) in [5, 5.41) is 12.4. The van der Waals surface area contributed by atoms with E-state index in [0.717, 1.165) is 6.33 Å². The number of nitro groups is 1. The van der Waals surface area contributed by atoms with Crippen molar-refractivity contribution in [3.8, 4) is 0 Å². The van der Waals surface area contributed by atoms with Crippen LogP contribution < -0.4 is 5.32 Å². The molecule has 0 aliphatic heterocycles. The van der Waals surface area contributed by atoms with Crippen LogP contribution in [0.15, 0.2) is 18.5 Å². The summed E-state index contributed by atoms with van der Waals surface area (Å²) < 4.78 is 39.5. The number of rotatable bonds is 3. The van der Waals surface area contributed by atoms with Crippen molar-refractivity contribution < 1.29 is 18.1 Å². The Kier molecular flexibility index (Phi) is 3.70. The molecule has 10 heteroatoms. The Balaban J connectivity index is 2.51. The normalized spacial score (nSPS) is 10.4. The first kappa shape index (κ1) is 14.0. The van der Waals surface area contributed by atoms with Crippen LogP contribution in [0.3, 0.4) is 0 Å². The molecule has 1 aromatic carbocycles. The van der Waals surface area contributed by atoms with Crippen LogP contribution in [0, 0.1) is 27.6 Å². The molecule has 2 aromatic rings. The van der Waals surface area contributed by atoms with Crippen molar-refractivity contribution in [3.05, 3.63) is 51.2 Å². The van der Waals surface area contributed by atoms with E-state index in [1.165, 1.54) is 0 Å². The lowest BCUT2D eigenvalue weighted by atomic mass is 10.2. The van der Waals surface area contributed by atoms with Gasteiger partial charge in [-0.15, -0.1) is 0 Å². The van der Waals surface area contributed by atoms with E-state index < -0.39 is 44.7 Å². The predicted octanol–water partition coefficient (Wildman–Crippen LogP) is 3.20. The Hall–Kier alpha value is -2.42. The lowest BCUT2D eigenvalue weighted by Crippen LogP contribution is -2.04. The molecule has 0 unspecified atom stereocenters. The highest BCUT2D eigenvalue weighted by atomic mass is 35.5. The standard InChI is InChI=1S/C10H4ClF3N4O2/c11-9-8(18(19)20)10(16-3-15-9)17-6-2-4(12)1-5(13)7(6)14/h1-3H,(H,15,16,17). The Morgan fingerprint density at radius 1 is 1.25 bits per heavy atom. The van der Waals surface area contributed by atoms with Crippen LogP contribution in [0.2, 0.25) is 5.15 Å². The van der Waals surface area contributed by atoms with Crippen molar-refractivity contribution in [1.82, 2.24) is 9.97 Å². The van der Waals surface area contributed by atoms with Crippen molar-refractivity contribution in [2.75, 3.05) is 5.32 Å². The Morgan fingerprint density at radius 3 is 2.60 bits per heavy atom. The highest BCUT2D eigenvalue weighted by Crippen LogP contribution is 2.31. The second-order valence-corrected chi connectivity index (χ2v) is 3.85. The van der Waals surface area contributed by atoms with Crippen LogP contribution in [-0.4, -0.2) is 14.9 Å². The minimum Gasteiger partial charge on any atom is -0.332 e. The molecule has 0 atom stereocenters. The molecule has 0 aliphatic carbocycles. The monoisotopic (exact) mass is 304 g/mol. The average Bonchev–Trinajstić information content (AvgIpc) is 2.35. The van der Waals surface area contributed by atoms with Gasteiger partial charge in [-0.2, -0.15) is 0 Å². The van der Waals surface area contributed by atoms with Gasteiger partial charge in [0, 0.05) is 12.1 Å². The summed E-state index contributed by atoms with van der Waals surface area (Å²) >= 11 is 5.52. The zero-order valence-electron chi connectivity index (χ0n) is 9.40. The van der Waals surface area contributed by atoms with Crippen LogP contribution in [0.25, 0.3) is 0 Å². The van der Waals surface area contributed by atoms with Crippen molar-refractivity contribution in [3.63, 3.8) is 0 Å². The molecule has 0 amide bonds. The molecule has 0 saturated carbocycles. The number of halogens is 4. The van der Waals surface area contributed by atoms with Gasteiger partial charge in [0.1, 0.15) is 12.1 Å². The fourth-order valence-corrected chi connectivity index (χ4v) is 1.59. The number of aromatic nitrogens is 2. The first-order valence-corrected chi connectivity index (χ1v) is 5.34. The molecular weight excluding hydrogens is 301 g/mol. The quantitative estimate of drug-likeness (QED) is 0.407. The summed E-state index contributed by atoms with van der Waals surface area (Å²) in [5.74, 6) is -4.40. The van der Waals surface area contributed by atoms with Gasteiger partial charge in [-0.1, -0.05) is 11.6 Å². The third-order valence-corrected chi connectivity index (χ3v) is 2.48. The molecule has 0 spiro atoms. The molecule has 0 radical (unpaired) electrons. The van der Waals surface area contributed by atoms with Crippen LogP contribution >= 0.6 is 11.6 Å². The van der Waals surface area contributed by atoms with Gasteiger partial charge in [0.05, 0.1) is 10.6 Å². The van der Waals surface area contributed by atoms with E-state index in [9.17, 15) is 23.3 Å². The van der Waals surface area contributed by atoms with Gasteiger partial charge in [-0.05, 0) is 0 Å². The largest absolute Gasteiger partial charge is 0.348 e. The summed E-state index contributed by atoms with van der Waals surface area (Å²) in [4.78, 5) is 16.8. The first-order chi connectivity index (χ1) is 9.40. The third-order valence-electron chi connectivity index (χ3n) is 2.21. The lowest BCUT2D eigenvalue weighted by Gasteiger charge is -2.08. The van der Waals surface area contributed by atoms with E-state index in [1.54, 1.807) is 0 Å². The fourth-order valence-electron chi connectivity index (χ4n) is 1.39. The lowest BCUT2D eigenvalue weighted by molar-refractivity contribution is -0.384. The maximum Gasteiger partial charge on any atom is 0.348 e. The molecule has 104 valence electrons. The second kappa shape index (κ2) is 5.29. The molecule has 20 heavy (non-hydrogen) atoms. The zero-order valence-corrected chi connectivity index (χ0v) is 10.2. The number of nitrogens with zero attached hydrogens (tertiary/aromatic N) is 3. The van der Waals surface area contributed by atoms with Crippen LogP contribution in [0.1, 0.15) is 0 Å². The summed E-state index contributed by atoms with van der Waals surface area (Å²) in [6.45, 7) is 0. The van der Waals surface area contributed by atoms with Gasteiger partial charge >= 0.3 is 5.69 Å². The van der Waals surface area contributed by atoms with Crippen molar-refractivity contribution in [2.45, 2.75) is 0 Å². The van der Waals surface area contributed by atoms with E-state index in [0.29, 0.717) is 12.1 Å². The maximum atomic E-state index is 13.5. The molecule has 0 aliphatic rings. The van der Waals surface area contributed by atoms with Gasteiger partial charge < -0.3 is 5.32 Å². The Bertz CT molecular complexity index is 698. The van der Waals surface area contributed by atoms with E-state index in [1.807, 2.05) is 0 Å². The molecule has 6 nitrogen and oxygen atoms in total. The molecule has 1 heterocycles. The van der Waals surface area contributed by atoms with Crippen LogP contribution in [0.5, 0.6) is 0 Å². The maximum absolute atomic E-state index is 13.5. The molecular formula is C10H4ClF3N4O2.